The molecule has 3 heterocycles. The molecule has 1 fully saturated rings. The third-order valence-corrected chi connectivity index (χ3v) is 7.42. The first-order chi connectivity index (χ1) is 17.3. The zero-order valence-electron chi connectivity index (χ0n) is 20.6. The molecule has 1 N–H and O–H groups in total. The number of hydrogen-bond acceptors (Lipinski definition) is 7. The zero-order valence-corrected chi connectivity index (χ0v) is 22.2. The number of nitrogens with zero attached hydrogens (tertiary/aromatic N) is 4. The first kappa shape index (κ1) is 26.4. The van der Waals surface area contributed by atoms with Crippen molar-refractivity contribution < 1.29 is 27.5 Å². The summed E-state index contributed by atoms with van der Waals surface area (Å²) < 4.78 is 32.6. The summed E-state index contributed by atoms with van der Waals surface area (Å²) in [6.07, 6.45) is 0.414. The maximum Gasteiger partial charge on any atom is 0.418 e. The highest BCUT2D eigenvalue weighted by Crippen LogP contribution is 2.29. The smallest absolute Gasteiger partial charge is 0.418 e. The molecule has 0 aliphatic carbocycles. The minimum Gasteiger partial charge on any atom is -0.443 e. The second-order valence-electron chi connectivity index (χ2n) is 9.55. The van der Waals surface area contributed by atoms with Crippen LogP contribution in [0.1, 0.15) is 26.3 Å². The van der Waals surface area contributed by atoms with Crippen molar-refractivity contribution in [2.75, 3.05) is 18.5 Å². The van der Waals surface area contributed by atoms with Crippen LogP contribution in [0.3, 0.4) is 0 Å². The van der Waals surface area contributed by atoms with Gasteiger partial charge in [0.25, 0.3) is 5.91 Å². The van der Waals surface area contributed by atoms with Crippen molar-refractivity contribution >= 4 is 56.5 Å². The SMILES string of the molecule is CN(C(=O)[C@@H]1CN(C(=O)OC(C)(C)C)C(=O)N1)c1ccc2c(Cl)cn(S(=O)(=O)Cc3ccccc3)c2n1. The van der Waals surface area contributed by atoms with Crippen LogP contribution in [-0.4, -0.2) is 65.5 Å². The van der Waals surface area contributed by atoms with Crippen LogP contribution in [-0.2, 0) is 25.3 Å². The van der Waals surface area contributed by atoms with Gasteiger partial charge in [0.1, 0.15) is 17.5 Å². The molecule has 37 heavy (non-hydrogen) atoms. The number of likely N-dealkylation sites (N-methyl/N-ethyl adjacent to an activating group) is 1. The van der Waals surface area contributed by atoms with Crippen LogP contribution in [0.25, 0.3) is 11.0 Å². The molecular formula is C24H26ClN5O6S. The minimum atomic E-state index is -3.89. The van der Waals surface area contributed by atoms with E-state index in [4.69, 9.17) is 16.3 Å². The number of fused-ring (bicyclic) bond motifs is 1. The lowest BCUT2D eigenvalue weighted by molar-refractivity contribution is -0.119. The number of anilines is 1. The van der Waals surface area contributed by atoms with Crippen molar-refractivity contribution in [1.29, 1.82) is 0 Å². The minimum absolute atomic E-state index is 0.0592. The molecule has 1 saturated heterocycles. The van der Waals surface area contributed by atoms with Gasteiger partial charge in [-0.2, -0.15) is 0 Å². The van der Waals surface area contributed by atoms with E-state index in [1.54, 1.807) is 57.2 Å². The van der Waals surface area contributed by atoms with Gasteiger partial charge < -0.3 is 10.1 Å². The van der Waals surface area contributed by atoms with E-state index in [9.17, 15) is 22.8 Å². The summed E-state index contributed by atoms with van der Waals surface area (Å²) in [6, 6.07) is 9.97. The van der Waals surface area contributed by atoms with E-state index in [0.29, 0.717) is 10.9 Å². The maximum absolute atomic E-state index is 13.2. The number of urea groups is 1. The topological polar surface area (TPSA) is 131 Å². The van der Waals surface area contributed by atoms with Crippen LogP contribution in [0.15, 0.2) is 48.7 Å². The average molecular weight is 548 g/mol. The summed E-state index contributed by atoms with van der Waals surface area (Å²) in [4.78, 5) is 44.2. The van der Waals surface area contributed by atoms with Gasteiger partial charge in [0.05, 0.1) is 17.3 Å². The molecule has 1 aliphatic heterocycles. The summed E-state index contributed by atoms with van der Waals surface area (Å²) in [5.41, 5.74) is -0.161. The molecule has 196 valence electrons. The Morgan fingerprint density at radius 1 is 1.19 bits per heavy atom. The number of imide groups is 1. The van der Waals surface area contributed by atoms with Crippen molar-refractivity contribution in [2.45, 2.75) is 38.2 Å². The number of pyridine rings is 1. The number of rotatable bonds is 5. The monoisotopic (exact) mass is 547 g/mol. The van der Waals surface area contributed by atoms with E-state index in [2.05, 4.69) is 10.3 Å². The Labute approximate surface area is 219 Å². The molecule has 1 aliphatic rings. The number of benzene rings is 1. The summed E-state index contributed by atoms with van der Waals surface area (Å²) in [6.45, 7) is 4.77. The van der Waals surface area contributed by atoms with Gasteiger partial charge in [-0.1, -0.05) is 41.9 Å². The summed E-state index contributed by atoms with van der Waals surface area (Å²) in [5, 5.41) is 3.06. The third-order valence-electron chi connectivity index (χ3n) is 5.54. The van der Waals surface area contributed by atoms with E-state index >= 15 is 0 Å². The molecule has 11 nitrogen and oxygen atoms in total. The molecule has 0 saturated carbocycles. The van der Waals surface area contributed by atoms with Crippen molar-refractivity contribution in [2.24, 2.45) is 0 Å². The Kier molecular flexibility index (Phi) is 6.91. The predicted molar refractivity (Wildman–Crippen MR) is 138 cm³/mol. The Morgan fingerprint density at radius 2 is 1.86 bits per heavy atom. The molecule has 1 aromatic carbocycles. The number of hydrogen-bond donors (Lipinski definition) is 1. The number of halogens is 1. The maximum atomic E-state index is 13.2. The van der Waals surface area contributed by atoms with E-state index < -0.39 is 39.7 Å². The van der Waals surface area contributed by atoms with E-state index in [0.717, 1.165) is 8.87 Å². The lowest BCUT2D eigenvalue weighted by Gasteiger charge is -2.23. The molecular weight excluding hydrogens is 522 g/mol. The molecule has 1 atom stereocenters. The Hall–Kier alpha value is -3.64. The number of aromatic nitrogens is 2. The normalized spacial score (nSPS) is 16.1. The Bertz CT molecular complexity index is 1480. The summed E-state index contributed by atoms with van der Waals surface area (Å²) in [5.74, 6) is -0.695. The van der Waals surface area contributed by atoms with Gasteiger partial charge in [-0.3, -0.25) is 9.69 Å². The van der Waals surface area contributed by atoms with Gasteiger partial charge in [-0.05, 0) is 38.5 Å². The van der Waals surface area contributed by atoms with Gasteiger partial charge >= 0.3 is 12.1 Å². The molecule has 0 radical (unpaired) electrons. The summed E-state index contributed by atoms with van der Waals surface area (Å²) >= 11 is 6.29. The fraction of sp³-hybridized carbons (Fsp3) is 0.333. The van der Waals surface area contributed by atoms with Crippen LogP contribution in [0.5, 0.6) is 0 Å². The van der Waals surface area contributed by atoms with Crippen molar-refractivity contribution in [3.8, 4) is 0 Å². The van der Waals surface area contributed by atoms with E-state index in [1.807, 2.05) is 0 Å². The highest BCUT2D eigenvalue weighted by Gasteiger charge is 2.40. The molecule has 4 amide bonds. The van der Waals surface area contributed by atoms with Crippen LogP contribution in [0.4, 0.5) is 15.4 Å². The van der Waals surface area contributed by atoms with Gasteiger partial charge in [-0.25, -0.2) is 31.9 Å². The van der Waals surface area contributed by atoms with Crippen LogP contribution in [0.2, 0.25) is 5.02 Å². The standard InChI is InChI=1S/C24H26ClN5O6S/c1-24(2,3)36-23(33)29-13-18(26-22(29)32)21(31)28(4)19-11-10-16-17(25)12-30(20(16)27-19)37(34,35)14-15-8-6-5-7-9-15/h5-12,18H,13-14H2,1-4H3,(H,26,32)/t18-/m0/s1. The van der Waals surface area contributed by atoms with Crippen LogP contribution in [0, 0.1) is 0 Å². The number of amides is 4. The summed E-state index contributed by atoms with van der Waals surface area (Å²) in [7, 11) is -2.45. The molecule has 13 heteroatoms. The van der Waals surface area contributed by atoms with Crippen LogP contribution < -0.4 is 10.2 Å². The lowest BCUT2D eigenvalue weighted by atomic mass is 10.2. The van der Waals surface area contributed by atoms with E-state index in [1.165, 1.54) is 24.2 Å². The molecule has 0 spiro atoms. The average Bonchev–Trinajstić information content (AvgIpc) is 3.37. The van der Waals surface area contributed by atoms with Crippen molar-refractivity contribution in [1.82, 2.24) is 19.2 Å². The van der Waals surface area contributed by atoms with Gasteiger partial charge in [-0.15, -0.1) is 0 Å². The van der Waals surface area contributed by atoms with Crippen molar-refractivity contribution in [3.05, 3.63) is 59.2 Å². The zero-order chi connectivity index (χ0) is 27.1. The van der Waals surface area contributed by atoms with Crippen molar-refractivity contribution in [3.63, 3.8) is 0 Å². The number of carbonyl (C=O) groups excluding carboxylic acids is 3. The van der Waals surface area contributed by atoms with E-state index in [-0.39, 0.29) is 28.8 Å². The third kappa shape index (κ3) is 5.54. The number of nitrogens with one attached hydrogen (secondary N) is 1. The predicted octanol–water partition coefficient (Wildman–Crippen LogP) is 3.36. The number of carbonyl (C=O) groups is 3. The molecule has 2 aromatic heterocycles. The molecule has 4 rings (SSSR count). The Morgan fingerprint density at radius 3 is 2.51 bits per heavy atom. The fourth-order valence-corrected chi connectivity index (χ4v) is 5.50. The van der Waals surface area contributed by atoms with Gasteiger partial charge in [0.15, 0.2) is 5.65 Å². The van der Waals surface area contributed by atoms with Gasteiger partial charge in [0, 0.05) is 18.6 Å². The second-order valence-corrected chi connectivity index (χ2v) is 11.8. The van der Waals surface area contributed by atoms with Crippen LogP contribution >= 0.6 is 11.6 Å². The lowest BCUT2D eigenvalue weighted by Crippen LogP contribution is -2.44. The first-order valence-corrected chi connectivity index (χ1v) is 13.3. The molecule has 3 aromatic rings. The molecule has 0 bridgehead atoms. The largest absolute Gasteiger partial charge is 0.443 e. The Balaban J connectivity index is 1.59. The molecule has 0 unspecified atom stereocenters. The quantitative estimate of drug-likeness (QED) is 0.518. The van der Waals surface area contributed by atoms with Gasteiger partial charge in [0.2, 0.25) is 10.0 Å². The highest BCUT2D eigenvalue weighted by molar-refractivity contribution is 7.89. The first-order valence-electron chi connectivity index (χ1n) is 11.3. The highest BCUT2D eigenvalue weighted by atomic mass is 35.5. The number of ether oxygens (including phenoxy) is 1. The fourth-order valence-electron chi connectivity index (χ4n) is 3.78. The second kappa shape index (κ2) is 9.67.